The molecule has 0 saturated heterocycles. The number of Topliss-reactive ketones (excluding diaryl/α,β-unsaturated/α-hetero) is 1. The minimum absolute atomic E-state index is 0.0160. The second-order valence-electron chi connectivity index (χ2n) is 6.02. The van der Waals surface area contributed by atoms with Crippen LogP contribution >= 0.6 is 7.80 Å². The molecule has 22 heavy (non-hydrogen) atoms. The Bertz CT molecular complexity index is 552. The predicted octanol–water partition coefficient (Wildman–Crippen LogP) is 4.44. The van der Waals surface area contributed by atoms with Crippen molar-refractivity contribution in [2.24, 2.45) is 0 Å². The van der Waals surface area contributed by atoms with Gasteiger partial charge in [0.05, 0.1) is 22.0 Å². The van der Waals surface area contributed by atoms with Crippen LogP contribution in [0.4, 0.5) is 0 Å². The highest BCUT2D eigenvalue weighted by atomic mass is 31.1. The molecule has 0 bridgehead atoms. The molecule has 4 nitrogen and oxygen atoms in total. The summed E-state index contributed by atoms with van der Waals surface area (Å²) in [5, 5.41) is -0.772. The molecule has 121 valence electrons. The van der Waals surface area contributed by atoms with Crippen LogP contribution in [0.5, 0.6) is 11.5 Å². The van der Waals surface area contributed by atoms with E-state index < -0.39 is 13.0 Å². The fraction of sp³-hybridized carbons (Fsp3) is 0.588. The molecule has 1 unspecified atom stereocenters. The van der Waals surface area contributed by atoms with Gasteiger partial charge in [-0.15, -0.1) is 0 Å². The summed E-state index contributed by atoms with van der Waals surface area (Å²) in [6.07, 6.45) is 3.24. The summed E-state index contributed by atoms with van der Waals surface area (Å²) in [4.78, 5) is 13.3. The standard InChI is InChI=1S/C17H24O4P/c1-12(2)22(19)17(10-5-6-11-17)16(18)15-13(20-3)8-7-9-14(15)21-4/h7-9,12H,5-6,10-11H2,1-4H3. The molecule has 1 aliphatic rings. The molecule has 1 aromatic rings. The van der Waals surface area contributed by atoms with Gasteiger partial charge in [-0.05, 0) is 25.0 Å². The Morgan fingerprint density at radius 3 is 2.05 bits per heavy atom. The molecule has 0 heterocycles. The number of benzene rings is 1. The van der Waals surface area contributed by atoms with Crippen molar-refractivity contribution < 1.29 is 18.8 Å². The van der Waals surface area contributed by atoms with Gasteiger partial charge in [0.25, 0.3) is 0 Å². The van der Waals surface area contributed by atoms with Gasteiger partial charge in [-0.1, -0.05) is 32.8 Å². The second kappa shape index (κ2) is 6.78. The third kappa shape index (κ3) is 2.77. The third-order valence-corrected chi connectivity index (χ3v) is 6.83. The summed E-state index contributed by atoms with van der Waals surface area (Å²) in [7, 11) is 1.44. The molecular weight excluding hydrogens is 299 g/mol. The Labute approximate surface area is 133 Å². The lowest BCUT2D eigenvalue weighted by molar-refractivity contribution is 0.0933. The van der Waals surface area contributed by atoms with Crippen LogP contribution in [0.1, 0.15) is 49.9 Å². The van der Waals surface area contributed by atoms with Gasteiger partial charge < -0.3 is 9.47 Å². The Morgan fingerprint density at radius 2 is 1.64 bits per heavy atom. The average Bonchev–Trinajstić information content (AvgIpc) is 3.03. The van der Waals surface area contributed by atoms with Crippen LogP contribution in [0.25, 0.3) is 0 Å². The first-order valence-corrected chi connectivity index (χ1v) is 9.03. The number of ether oxygens (including phenoxy) is 2. The summed E-state index contributed by atoms with van der Waals surface area (Å²) in [5.41, 5.74) is 0.413. The van der Waals surface area contributed by atoms with Crippen molar-refractivity contribution in [1.82, 2.24) is 0 Å². The number of rotatable bonds is 6. The lowest BCUT2D eigenvalue weighted by Crippen LogP contribution is -2.34. The van der Waals surface area contributed by atoms with Crippen LogP contribution in [0, 0.1) is 0 Å². The molecule has 1 aromatic carbocycles. The number of hydrogen-bond donors (Lipinski definition) is 0. The number of carbonyl (C=O) groups excluding carboxylic acids is 1. The lowest BCUT2D eigenvalue weighted by atomic mass is 9.93. The van der Waals surface area contributed by atoms with Crippen molar-refractivity contribution in [2.45, 2.75) is 50.3 Å². The smallest absolute Gasteiger partial charge is 0.187 e. The summed E-state index contributed by atoms with van der Waals surface area (Å²) in [6, 6.07) is 5.29. The van der Waals surface area contributed by atoms with Crippen LogP contribution in [0.3, 0.4) is 0 Å². The van der Waals surface area contributed by atoms with E-state index in [0.717, 1.165) is 12.8 Å². The van der Waals surface area contributed by atoms with Crippen molar-refractivity contribution in [2.75, 3.05) is 14.2 Å². The Kier molecular flexibility index (Phi) is 5.23. The van der Waals surface area contributed by atoms with E-state index in [4.69, 9.17) is 9.47 Å². The average molecular weight is 323 g/mol. The minimum Gasteiger partial charge on any atom is -0.496 e. The molecule has 1 saturated carbocycles. The molecule has 1 radical (unpaired) electrons. The number of methoxy groups -OCH3 is 2. The molecule has 0 aromatic heterocycles. The normalized spacial score (nSPS) is 17.4. The summed E-state index contributed by atoms with van der Waals surface area (Å²) >= 11 is 0. The van der Waals surface area contributed by atoms with Crippen molar-refractivity contribution in [3.8, 4) is 11.5 Å². The predicted molar refractivity (Wildman–Crippen MR) is 87.8 cm³/mol. The maximum Gasteiger partial charge on any atom is 0.187 e. The van der Waals surface area contributed by atoms with Crippen LogP contribution in [0.15, 0.2) is 18.2 Å². The molecule has 1 fully saturated rings. The highest BCUT2D eigenvalue weighted by Gasteiger charge is 2.49. The maximum absolute atomic E-state index is 13.3. The van der Waals surface area contributed by atoms with Gasteiger partial charge >= 0.3 is 0 Å². The van der Waals surface area contributed by atoms with Gasteiger partial charge in [-0.3, -0.25) is 9.36 Å². The number of carbonyl (C=O) groups is 1. The summed E-state index contributed by atoms with van der Waals surface area (Å²) in [5.74, 6) is 0.889. The topological polar surface area (TPSA) is 52.6 Å². The highest BCUT2D eigenvalue weighted by molar-refractivity contribution is 7.48. The first-order chi connectivity index (χ1) is 10.5. The van der Waals surface area contributed by atoms with E-state index in [-0.39, 0.29) is 11.4 Å². The second-order valence-corrected chi connectivity index (χ2v) is 8.57. The molecular formula is C17H24O4P. The Morgan fingerprint density at radius 1 is 1.14 bits per heavy atom. The van der Waals surface area contributed by atoms with E-state index in [1.165, 1.54) is 14.2 Å². The molecule has 1 aliphatic carbocycles. The molecule has 0 aliphatic heterocycles. The summed E-state index contributed by atoms with van der Waals surface area (Å²) in [6.45, 7) is 3.84. The van der Waals surface area contributed by atoms with Gasteiger partial charge in [0, 0.05) is 5.66 Å². The van der Waals surface area contributed by atoms with Gasteiger partial charge in [0.1, 0.15) is 22.2 Å². The zero-order chi connectivity index (χ0) is 16.3. The Balaban J connectivity index is 2.56. The SMILES string of the molecule is COc1cccc(OC)c1C(=O)C1([P](=O)C(C)C)CCCC1. The van der Waals surface area contributed by atoms with Crippen LogP contribution in [0.2, 0.25) is 0 Å². The molecule has 0 spiro atoms. The number of ketones is 1. The zero-order valence-corrected chi connectivity index (χ0v) is 14.6. The van der Waals surface area contributed by atoms with Gasteiger partial charge in [-0.2, -0.15) is 0 Å². The van der Waals surface area contributed by atoms with Crippen LogP contribution < -0.4 is 9.47 Å². The monoisotopic (exact) mass is 323 g/mol. The first-order valence-electron chi connectivity index (χ1n) is 7.70. The van der Waals surface area contributed by atoms with Gasteiger partial charge in [0.2, 0.25) is 0 Å². The maximum atomic E-state index is 13.3. The highest BCUT2D eigenvalue weighted by Crippen LogP contribution is 2.55. The van der Waals surface area contributed by atoms with E-state index >= 15 is 0 Å². The van der Waals surface area contributed by atoms with Crippen LogP contribution in [-0.2, 0) is 4.57 Å². The first kappa shape index (κ1) is 17.0. The third-order valence-electron chi connectivity index (χ3n) is 4.40. The van der Waals surface area contributed by atoms with E-state index in [0.29, 0.717) is 29.9 Å². The molecule has 5 heteroatoms. The largest absolute Gasteiger partial charge is 0.496 e. The van der Waals surface area contributed by atoms with Crippen molar-refractivity contribution >= 4 is 13.6 Å². The van der Waals surface area contributed by atoms with Crippen molar-refractivity contribution in [1.29, 1.82) is 0 Å². The van der Waals surface area contributed by atoms with E-state index in [1.54, 1.807) is 18.2 Å². The molecule has 0 N–H and O–H groups in total. The molecule has 1 atom stereocenters. The quantitative estimate of drug-likeness (QED) is 0.574. The lowest BCUT2D eigenvalue weighted by Gasteiger charge is -2.29. The minimum atomic E-state index is -1.63. The van der Waals surface area contributed by atoms with Crippen LogP contribution in [-0.4, -0.2) is 30.8 Å². The van der Waals surface area contributed by atoms with E-state index in [9.17, 15) is 9.36 Å². The van der Waals surface area contributed by atoms with Crippen molar-refractivity contribution in [3.05, 3.63) is 23.8 Å². The zero-order valence-electron chi connectivity index (χ0n) is 13.7. The fourth-order valence-electron chi connectivity index (χ4n) is 3.31. The van der Waals surface area contributed by atoms with E-state index in [1.807, 2.05) is 13.8 Å². The van der Waals surface area contributed by atoms with Gasteiger partial charge in [0.15, 0.2) is 5.78 Å². The van der Waals surface area contributed by atoms with E-state index in [2.05, 4.69) is 0 Å². The summed E-state index contributed by atoms with van der Waals surface area (Å²) < 4.78 is 23.6. The molecule has 0 amide bonds. The van der Waals surface area contributed by atoms with Crippen molar-refractivity contribution in [3.63, 3.8) is 0 Å². The Hall–Kier alpha value is -1.41. The van der Waals surface area contributed by atoms with Gasteiger partial charge in [-0.25, -0.2) is 0 Å². The fourth-order valence-corrected chi connectivity index (χ4v) is 5.37. The number of hydrogen-bond acceptors (Lipinski definition) is 4. The molecule has 2 rings (SSSR count).